The summed E-state index contributed by atoms with van der Waals surface area (Å²) in [6.07, 6.45) is 1.09. The van der Waals surface area contributed by atoms with Crippen molar-refractivity contribution in [3.05, 3.63) is 102 Å². The molecule has 186 valence electrons. The van der Waals surface area contributed by atoms with E-state index in [1.165, 1.54) is 0 Å². The molecular formula is C28H26O8. The van der Waals surface area contributed by atoms with Gasteiger partial charge in [-0.1, -0.05) is 24.3 Å². The lowest BCUT2D eigenvalue weighted by Gasteiger charge is -2.09. The number of rotatable bonds is 12. The normalized spacial score (nSPS) is 10.2. The van der Waals surface area contributed by atoms with Gasteiger partial charge in [-0.05, 0) is 67.6 Å². The summed E-state index contributed by atoms with van der Waals surface area (Å²) in [5.41, 5.74) is 1.84. The minimum absolute atomic E-state index is 0.142. The minimum Gasteiger partial charge on any atom is -0.491 e. The molecule has 3 rings (SSSR count). The molecule has 0 saturated carbocycles. The number of hydrogen-bond donors (Lipinski definition) is 0. The molecule has 36 heavy (non-hydrogen) atoms. The number of esters is 3. The molecule has 0 spiro atoms. The van der Waals surface area contributed by atoms with Crippen molar-refractivity contribution in [2.75, 3.05) is 26.4 Å². The third-order valence-electron chi connectivity index (χ3n) is 4.76. The molecule has 8 nitrogen and oxygen atoms in total. The number of benzene rings is 3. The molecule has 0 atom stereocenters. The first-order valence-electron chi connectivity index (χ1n) is 11.2. The van der Waals surface area contributed by atoms with Gasteiger partial charge in [-0.2, -0.15) is 0 Å². The molecule has 0 aromatic heterocycles. The third kappa shape index (κ3) is 8.41. The SMILES string of the molecule is C=CC(=O)OCCOCCOc1ccc(C(=O)Oc2ccc(OC(=O)c3ccc(C)cc3)cc2)cc1. The zero-order valence-corrected chi connectivity index (χ0v) is 19.8. The van der Waals surface area contributed by atoms with E-state index in [1.807, 2.05) is 19.1 Å². The summed E-state index contributed by atoms with van der Waals surface area (Å²) in [4.78, 5) is 35.5. The van der Waals surface area contributed by atoms with Crippen LogP contribution in [0.5, 0.6) is 17.2 Å². The van der Waals surface area contributed by atoms with E-state index in [4.69, 9.17) is 23.7 Å². The zero-order valence-electron chi connectivity index (χ0n) is 19.8. The number of aryl methyl sites for hydroxylation is 1. The highest BCUT2D eigenvalue weighted by Gasteiger charge is 2.11. The Morgan fingerprint density at radius 3 is 1.67 bits per heavy atom. The molecule has 0 saturated heterocycles. The van der Waals surface area contributed by atoms with Gasteiger partial charge in [-0.25, -0.2) is 14.4 Å². The van der Waals surface area contributed by atoms with E-state index < -0.39 is 17.9 Å². The van der Waals surface area contributed by atoms with Gasteiger partial charge in [0, 0.05) is 6.08 Å². The first kappa shape index (κ1) is 26.2. The number of ether oxygens (including phenoxy) is 5. The summed E-state index contributed by atoms with van der Waals surface area (Å²) in [5, 5.41) is 0. The van der Waals surface area contributed by atoms with Crippen molar-refractivity contribution in [1.29, 1.82) is 0 Å². The van der Waals surface area contributed by atoms with Crippen LogP contribution in [0, 0.1) is 6.92 Å². The van der Waals surface area contributed by atoms with Crippen molar-refractivity contribution in [2.24, 2.45) is 0 Å². The maximum atomic E-state index is 12.4. The molecule has 0 amide bonds. The van der Waals surface area contributed by atoms with E-state index in [2.05, 4.69) is 6.58 Å². The van der Waals surface area contributed by atoms with Crippen LogP contribution in [-0.4, -0.2) is 44.3 Å². The first-order valence-corrected chi connectivity index (χ1v) is 11.2. The van der Waals surface area contributed by atoms with Crippen LogP contribution in [0.3, 0.4) is 0 Å². The molecule has 0 fully saturated rings. The molecular weight excluding hydrogens is 464 g/mol. The van der Waals surface area contributed by atoms with Gasteiger partial charge in [0.05, 0.1) is 24.3 Å². The van der Waals surface area contributed by atoms with Crippen LogP contribution in [0.4, 0.5) is 0 Å². The topological polar surface area (TPSA) is 97.4 Å². The van der Waals surface area contributed by atoms with Crippen LogP contribution in [0.1, 0.15) is 26.3 Å². The van der Waals surface area contributed by atoms with Gasteiger partial charge in [-0.15, -0.1) is 0 Å². The number of carbonyl (C=O) groups is 3. The van der Waals surface area contributed by atoms with Crippen LogP contribution in [0.15, 0.2) is 85.5 Å². The molecule has 0 aliphatic heterocycles. The monoisotopic (exact) mass is 490 g/mol. The summed E-state index contributed by atoms with van der Waals surface area (Å²) in [7, 11) is 0. The smallest absolute Gasteiger partial charge is 0.343 e. The summed E-state index contributed by atoms with van der Waals surface area (Å²) in [5.74, 6) is -0.293. The molecule has 0 radical (unpaired) electrons. The quantitative estimate of drug-likeness (QED) is 0.158. The highest BCUT2D eigenvalue weighted by atomic mass is 16.6. The first-order chi connectivity index (χ1) is 17.4. The fourth-order valence-electron chi connectivity index (χ4n) is 2.87. The minimum atomic E-state index is -0.539. The largest absolute Gasteiger partial charge is 0.491 e. The van der Waals surface area contributed by atoms with Crippen LogP contribution in [0.25, 0.3) is 0 Å². The van der Waals surface area contributed by atoms with Crippen molar-refractivity contribution in [2.45, 2.75) is 6.92 Å². The van der Waals surface area contributed by atoms with Crippen LogP contribution >= 0.6 is 0 Å². The Morgan fingerprint density at radius 2 is 1.14 bits per heavy atom. The van der Waals surface area contributed by atoms with Gasteiger partial charge in [0.25, 0.3) is 0 Å². The van der Waals surface area contributed by atoms with E-state index in [9.17, 15) is 14.4 Å². The van der Waals surface area contributed by atoms with Gasteiger partial charge < -0.3 is 23.7 Å². The van der Waals surface area contributed by atoms with Crippen molar-refractivity contribution < 1.29 is 38.1 Å². The average Bonchev–Trinajstić information content (AvgIpc) is 2.89. The fraction of sp³-hybridized carbons (Fsp3) is 0.179. The zero-order chi connectivity index (χ0) is 25.8. The molecule has 0 N–H and O–H groups in total. The molecule has 0 aliphatic carbocycles. The lowest BCUT2D eigenvalue weighted by molar-refractivity contribution is -0.139. The Hall–Kier alpha value is -4.43. The molecule has 0 bridgehead atoms. The second-order valence-corrected chi connectivity index (χ2v) is 7.47. The Bertz CT molecular complexity index is 1170. The summed E-state index contributed by atoms with van der Waals surface area (Å²) in [6, 6.07) is 19.7. The summed E-state index contributed by atoms with van der Waals surface area (Å²) >= 11 is 0. The van der Waals surface area contributed by atoms with Gasteiger partial charge in [0.2, 0.25) is 0 Å². The average molecular weight is 491 g/mol. The van der Waals surface area contributed by atoms with Crippen molar-refractivity contribution in [3.8, 4) is 17.2 Å². The fourth-order valence-corrected chi connectivity index (χ4v) is 2.87. The lowest BCUT2D eigenvalue weighted by atomic mass is 10.1. The van der Waals surface area contributed by atoms with Crippen LogP contribution in [0.2, 0.25) is 0 Å². The van der Waals surface area contributed by atoms with E-state index in [-0.39, 0.29) is 13.2 Å². The molecule has 3 aromatic rings. The Labute approximate surface area is 209 Å². The van der Waals surface area contributed by atoms with E-state index in [0.29, 0.717) is 41.6 Å². The molecule has 3 aromatic carbocycles. The van der Waals surface area contributed by atoms with E-state index in [0.717, 1.165) is 11.6 Å². The van der Waals surface area contributed by atoms with Crippen molar-refractivity contribution in [1.82, 2.24) is 0 Å². The molecule has 0 aliphatic rings. The van der Waals surface area contributed by atoms with Gasteiger partial charge in [0.1, 0.15) is 30.5 Å². The predicted molar refractivity (Wildman–Crippen MR) is 131 cm³/mol. The number of hydrogen-bond acceptors (Lipinski definition) is 8. The van der Waals surface area contributed by atoms with Crippen LogP contribution in [-0.2, 0) is 14.3 Å². The maximum Gasteiger partial charge on any atom is 0.343 e. The van der Waals surface area contributed by atoms with Gasteiger partial charge in [-0.3, -0.25) is 0 Å². The van der Waals surface area contributed by atoms with Crippen molar-refractivity contribution in [3.63, 3.8) is 0 Å². The van der Waals surface area contributed by atoms with Crippen LogP contribution < -0.4 is 14.2 Å². The maximum absolute atomic E-state index is 12.4. The molecule has 8 heteroatoms. The predicted octanol–water partition coefficient (Wildman–Crippen LogP) is 4.56. The summed E-state index contributed by atoms with van der Waals surface area (Å²) < 4.78 is 26.4. The second-order valence-electron chi connectivity index (χ2n) is 7.47. The molecule has 0 unspecified atom stereocenters. The van der Waals surface area contributed by atoms with Gasteiger partial charge >= 0.3 is 17.9 Å². The van der Waals surface area contributed by atoms with E-state index in [1.54, 1.807) is 60.7 Å². The van der Waals surface area contributed by atoms with Crippen molar-refractivity contribution >= 4 is 17.9 Å². The second kappa shape index (κ2) is 13.5. The Kier molecular flexibility index (Phi) is 9.79. The summed E-state index contributed by atoms with van der Waals surface area (Å²) in [6.45, 7) is 6.24. The highest BCUT2D eigenvalue weighted by molar-refractivity contribution is 5.92. The Morgan fingerprint density at radius 1 is 0.667 bits per heavy atom. The standard InChI is InChI=1S/C28H26O8/c1-3-26(29)34-19-17-32-16-18-33-23-10-8-22(9-11-23)28(31)36-25-14-12-24(13-15-25)35-27(30)21-6-4-20(2)5-7-21/h3-15H,1,16-19H2,2H3. The Balaban J connectivity index is 1.40. The third-order valence-corrected chi connectivity index (χ3v) is 4.76. The lowest BCUT2D eigenvalue weighted by Crippen LogP contribution is -2.12. The molecule has 0 heterocycles. The highest BCUT2D eigenvalue weighted by Crippen LogP contribution is 2.21. The van der Waals surface area contributed by atoms with Gasteiger partial charge in [0.15, 0.2) is 0 Å². The van der Waals surface area contributed by atoms with E-state index >= 15 is 0 Å². The number of carbonyl (C=O) groups excluding carboxylic acids is 3.